The zero-order chi connectivity index (χ0) is 19.9. The molecule has 144 valence electrons. The van der Waals surface area contributed by atoms with Crippen LogP contribution in [0.1, 0.15) is 18.1 Å². The number of rotatable bonds is 7. The zero-order valence-electron chi connectivity index (χ0n) is 15.7. The molecule has 3 rings (SSSR count). The van der Waals surface area contributed by atoms with Crippen LogP contribution in [0.4, 0.5) is 0 Å². The van der Waals surface area contributed by atoms with Crippen LogP contribution in [0.25, 0.3) is 10.8 Å². The highest BCUT2D eigenvalue weighted by Crippen LogP contribution is 2.28. The summed E-state index contributed by atoms with van der Waals surface area (Å²) in [6, 6.07) is 17.4. The van der Waals surface area contributed by atoms with Crippen LogP contribution < -0.4 is 14.9 Å². The molecule has 0 saturated heterocycles. The summed E-state index contributed by atoms with van der Waals surface area (Å²) in [5.41, 5.74) is 4.34. The minimum Gasteiger partial charge on any atom is -0.493 e. The van der Waals surface area contributed by atoms with Gasteiger partial charge < -0.3 is 9.47 Å². The lowest BCUT2D eigenvalue weighted by Gasteiger charge is -2.09. The van der Waals surface area contributed by atoms with Gasteiger partial charge in [0, 0.05) is 4.47 Å². The number of nitrogens with one attached hydrogen (secondary N) is 1. The summed E-state index contributed by atoms with van der Waals surface area (Å²) in [5.74, 6) is 1.12. The number of methoxy groups -OCH3 is 1. The Hall–Kier alpha value is -2.86. The second kappa shape index (κ2) is 9.37. The van der Waals surface area contributed by atoms with E-state index in [9.17, 15) is 4.79 Å². The molecule has 0 bridgehead atoms. The molecule has 0 aliphatic carbocycles. The maximum absolute atomic E-state index is 12.3. The normalized spacial score (nSPS) is 11.0. The van der Waals surface area contributed by atoms with Crippen molar-refractivity contribution in [1.82, 2.24) is 5.43 Å². The lowest BCUT2D eigenvalue weighted by Crippen LogP contribution is -2.19. The molecule has 6 heteroatoms. The molecule has 1 amide bonds. The first kappa shape index (κ1) is 19.9. The molecule has 3 aromatic rings. The van der Waals surface area contributed by atoms with Gasteiger partial charge in [0.05, 0.1) is 26.4 Å². The third kappa shape index (κ3) is 4.70. The number of ether oxygens (including phenoxy) is 2. The van der Waals surface area contributed by atoms with Crippen molar-refractivity contribution in [2.24, 2.45) is 5.10 Å². The Kier molecular flexibility index (Phi) is 6.66. The van der Waals surface area contributed by atoms with Crippen LogP contribution in [-0.4, -0.2) is 25.8 Å². The zero-order valence-corrected chi connectivity index (χ0v) is 17.3. The Bertz CT molecular complexity index is 1020. The van der Waals surface area contributed by atoms with Gasteiger partial charge in [-0.15, -0.1) is 0 Å². The average Bonchev–Trinajstić information content (AvgIpc) is 2.71. The van der Waals surface area contributed by atoms with Crippen LogP contribution in [0.15, 0.2) is 64.2 Å². The van der Waals surface area contributed by atoms with E-state index in [-0.39, 0.29) is 12.3 Å². The number of hydrogen-bond donors (Lipinski definition) is 1. The number of halogens is 1. The Labute approximate surface area is 172 Å². The van der Waals surface area contributed by atoms with Crippen molar-refractivity contribution in [3.8, 4) is 11.5 Å². The van der Waals surface area contributed by atoms with Crippen LogP contribution in [0.3, 0.4) is 0 Å². The molecule has 0 radical (unpaired) electrons. The van der Waals surface area contributed by atoms with Gasteiger partial charge in [0.25, 0.3) is 0 Å². The molecular formula is C22H21BrN2O3. The quantitative estimate of drug-likeness (QED) is 0.427. The lowest BCUT2D eigenvalue weighted by atomic mass is 10.0. The van der Waals surface area contributed by atoms with Crippen molar-refractivity contribution in [1.29, 1.82) is 0 Å². The van der Waals surface area contributed by atoms with E-state index in [4.69, 9.17) is 9.47 Å². The van der Waals surface area contributed by atoms with E-state index in [0.29, 0.717) is 18.1 Å². The van der Waals surface area contributed by atoms with Gasteiger partial charge in [-0.05, 0) is 53.1 Å². The van der Waals surface area contributed by atoms with Gasteiger partial charge in [-0.2, -0.15) is 5.10 Å². The highest BCUT2D eigenvalue weighted by molar-refractivity contribution is 9.10. The largest absolute Gasteiger partial charge is 0.493 e. The summed E-state index contributed by atoms with van der Waals surface area (Å²) in [6.45, 7) is 2.48. The van der Waals surface area contributed by atoms with E-state index in [2.05, 4.69) is 26.5 Å². The number of carbonyl (C=O) groups is 1. The third-order valence-corrected chi connectivity index (χ3v) is 4.89. The summed E-state index contributed by atoms with van der Waals surface area (Å²) in [4.78, 5) is 12.3. The number of hydrazone groups is 1. The van der Waals surface area contributed by atoms with Crippen molar-refractivity contribution in [3.05, 3.63) is 70.2 Å². The molecule has 28 heavy (non-hydrogen) atoms. The van der Waals surface area contributed by atoms with Crippen LogP contribution >= 0.6 is 15.9 Å². The second-order valence-corrected chi connectivity index (χ2v) is 6.92. The molecule has 3 aromatic carbocycles. The molecule has 0 heterocycles. The molecule has 1 N–H and O–H groups in total. The van der Waals surface area contributed by atoms with E-state index < -0.39 is 0 Å². The monoisotopic (exact) mass is 440 g/mol. The van der Waals surface area contributed by atoms with Crippen molar-refractivity contribution >= 4 is 38.8 Å². The number of nitrogens with zero attached hydrogens (tertiary/aromatic N) is 1. The number of fused-ring (bicyclic) bond motifs is 1. The van der Waals surface area contributed by atoms with Gasteiger partial charge in [0.15, 0.2) is 11.5 Å². The summed E-state index contributed by atoms with van der Waals surface area (Å²) in [7, 11) is 1.59. The fraction of sp³-hybridized carbons (Fsp3) is 0.182. The first-order valence-electron chi connectivity index (χ1n) is 8.91. The first-order valence-corrected chi connectivity index (χ1v) is 9.70. The lowest BCUT2D eigenvalue weighted by molar-refractivity contribution is -0.120. The van der Waals surface area contributed by atoms with Gasteiger partial charge in [0.2, 0.25) is 5.91 Å². The number of hydrogen-bond acceptors (Lipinski definition) is 4. The SMILES string of the molecule is CCOc1ccc(C=NNC(=O)Cc2ccc(Br)c3ccccc23)cc1OC. The fourth-order valence-corrected chi connectivity index (χ4v) is 3.39. The number of benzene rings is 3. The van der Waals surface area contributed by atoms with E-state index in [1.807, 2.05) is 61.5 Å². The molecule has 0 saturated carbocycles. The Balaban J connectivity index is 1.67. The summed E-state index contributed by atoms with van der Waals surface area (Å²) in [5, 5.41) is 6.19. The van der Waals surface area contributed by atoms with E-state index >= 15 is 0 Å². The minimum atomic E-state index is -0.179. The molecule has 0 aromatic heterocycles. The first-order chi connectivity index (χ1) is 13.6. The Morgan fingerprint density at radius 3 is 2.64 bits per heavy atom. The average molecular weight is 441 g/mol. The van der Waals surface area contributed by atoms with E-state index in [1.54, 1.807) is 13.3 Å². The standard InChI is InChI=1S/C22H21BrN2O3/c1-3-28-20-11-8-15(12-21(20)27-2)14-24-25-22(26)13-16-9-10-19(23)18-7-5-4-6-17(16)18/h4-12,14H,3,13H2,1-2H3,(H,25,26). The predicted octanol–water partition coefficient (Wildman–Crippen LogP) is 4.70. The Morgan fingerprint density at radius 1 is 1.11 bits per heavy atom. The minimum absolute atomic E-state index is 0.179. The topological polar surface area (TPSA) is 59.9 Å². The molecule has 0 fully saturated rings. The van der Waals surface area contributed by atoms with Gasteiger partial charge in [-0.1, -0.05) is 46.3 Å². The van der Waals surface area contributed by atoms with Gasteiger partial charge >= 0.3 is 0 Å². The smallest absolute Gasteiger partial charge is 0.244 e. The summed E-state index contributed by atoms with van der Waals surface area (Å²) < 4.78 is 11.8. The summed E-state index contributed by atoms with van der Waals surface area (Å²) in [6.07, 6.45) is 1.83. The van der Waals surface area contributed by atoms with Crippen LogP contribution in [0.5, 0.6) is 11.5 Å². The molecule has 0 unspecified atom stereocenters. The van der Waals surface area contributed by atoms with Crippen molar-refractivity contribution < 1.29 is 14.3 Å². The molecule has 0 aliphatic heterocycles. The highest BCUT2D eigenvalue weighted by atomic mass is 79.9. The number of amides is 1. The molecule has 0 spiro atoms. The Morgan fingerprint density at radius 2 is 1.89 bits per heavy atom. The van der Waals surface area contributed by atoms with Crippen LogP contribution in [0.2, 0.25) is 0 Å². The number of carbonyl (C=O) groups excluding carboxylic acids is 1. The van der Waals surface area contributed by atoms with Crippen LogP contribution in [0, 0.1) is 0 Å². The predicted molar refractivity (Wildman–Crippen MR) is 115 cm³/mol. The maximum Gasteiger partial charge on any atom is 0.244 e. The third-order valence-electron chi connectivity index (χ3n) is 4.20. The molecule has 5 nitrogen and oxygen atoms in total. The molecule has 0 atom stereocenters. The summed E-state index contributed by atoms with van der Waals surface area (Å²) >= 11 is 3.55. The van der Waals surface area contributed by atoms with Crippen LogP contribution in [-0.2, 0) is 11.2 Å². The van der Waals surface area contributed by atoms with Crippen molar-refractivity contribution in [3.63, 3.8) is 0 Å². The van der Waals surface area contributed by atoms with E-state index in [1.165, 1.54) is 0 Å². The fourth-order valence-electron chi connectivity index (χ4n) is 2.91. The maximum atomic E-state index is 12.3. The second-order valence-electron chi connectivity index (χ2n) is 6.07. The van der Waals surface area contributed by atoms with Crippen molar-refractivity contribution in [2.75, 3.05) is 13.7 Å². The van der Waals surface area contributed by atoms with E-state index in [0.717, 1.165) is 26.4 Å². The van der Waals surface area contributed by atoms with Crippen molar-refractivity contribution in [2.45, 2.75) is 13.3 Å². The highest BCUT2D eigenvalue weighted by Gasteiger charge is 2.08. The van der Waals surface area contributed by atoms with Gasteiger partial charge in [-0.25, -0.2) is 5.43 Å². The van der Waals surface area contributed by atoms with Gasteiger partial charge in [-0.3, -0.25) is 4.79 Å². The van der Waals surface area contributed by atoms with Gasteiger partial charge in [0.1, 0.15) is 0 Å². The molecule has 0 aliphatic rings. The molecular weight excluding hydrogens is 420 g/mol.